The summed E-state index contributed by atoms with van der Waals surface area (Å²) in [6.45, 7) is 3.74. The molecule has 1 rings (SSSR count). The molecule has 0 spiro atoms. The van der Waals surface area contributed by atoms with Crippen molar-refractivity contribution in [2.45, 2.75) is 13.8 Å². The molecule has 1 aromatic heterocycles. The van der Waals surface area contributed by atoms with Gasteiger partial charge < -0.3 is 9.26 Å². The predicted molar refractivity (Wildman–Crippen MR) is 32.7 cm³/mol. The largest absolute Gasteiger partial charge is 0.423 e. The van der Waals surface area contributed by atoms with Crippen LogP contribution in [0.5, 0.6) is 5.75 Å². The lowest BCUT2D eigenvalue weighted by Gasteiger charge is -1.91. The van der Waals surface area contributed by atoms with E-state index in [0.717, 1.165) is 0 Å². The Balaban J connectivity index is 2.97. The number of hydrogen-bond donors (Lipinski definition) is 0. The lowest BCUT2D eigenvalue weighted by atomic mass is 10.4. The fourth-order valence-corrected chi connectivity index (χ4v) is 0.691. The molecule has 4 nitrogen and oxygen atoms in total. The smallest absolute Gasteiger partial charge is 0.298 e. The van der Waals surface area contributed by atoms with Crippen molar-refractivity contribution < 1.29 is 14.1 Å². The fraction of sp³-hybridized carbons (Fsp3) is 0.333. The molecule has 0 N–H and O–H groups in total. The molecule has 0 saturated carbocycles. The highest BCUT2D eigenvalue weighted by atomic mass is 16.5. The van der Waals surface area contributed by atoms with Gasteiger partial charge in [-0.25, -0.2) is 0 Å². The maximum absolute atomic E-state index is 9.88. The Morgan fingerprint density at radius 3 is 2.70 bits per heavy atom. The van der Waals surface area contributed by atoms with E-state index in [9.17, 15) is 4.79 Å². The van der Waals surface area contributed by atoms with Gasteiger partial charge in [0.2, 0.25) is 0 Å². The van der Waals surface area contributed by atoms with Gasteiger partial charge in [-0.15, -0.1) is 0 Å². The van der Waals surface area contributed by atoms with Crippen molar-refractivity contribution in [3.05, 3.63) is 11.5 Å². The quantitative estimate of drug-likeness (QED) is 0.572. The number of carbonyl (C=O) groups excluding carboxylic acids is 1. The Morgan fingerprint density at radius 1 is 1.60 bits per heavy atom. The molecule has 0 radical (unpaired) electrons. The summed E-state index contributed by atoms with van der Waals surface area (Å²) in [6.07, 6.45) is 0. The zero-order chi connectivity index (χ0) is 7.56. The highest BCUT2D eigenvalue weighted by Crippen LogP contribution is 2.20. The van der Waals surface area contributed by atoms with Crippen LogP contribution >= 0.6 is 0 Å². The topological polar surface area (TPSA) is 52.3 Å². The van der Waals surface area contributed by atoms with E-state index >= 15 is 0 Å². The van der Waals surface area contributed by atoms with Crippen LogP contribution < -0.4 is 4.74 Å². The van der Waals surface area contributed by atoms with E-state index in [1.807, 2.05) is 0 Å². The minimum atomic E-state index is 0.354. The van der Waals surface area contributed by atoms with E-state index in [4.69, 9.17) is 4.52 Å². The number of aromatic nitrogens is 1. The van der Waals surface area contributed by atoms with E-state index < -0.39 is 0 Å². The zero-order valence-electron chi connectivity index (χ0n) is 5.75. The van der Waals surface area contributed by atoms with Gasteiger partial charge in [0.05, 0.1) is 0 Å². The third kappa shape index (κ3) is 1.00. The molecule has 0 saturated heterocycles. The summed E-state index contributed by atoms with van der Waals surface area (Å²) in [5.74, 6) is 0.930. The van der Waals surface area contributed by atoms with Crippen molar-refractivity contribution in [1.82, 2.24) is 5.16 Å². The molecule has 0 aromatic carbocycles. The second-order valence-corrected chi connectivity index (χ2v) is 1.87. The first-order chi connectivity index (χ1) is 4.75. The maximum Gasteiger partial charge on any atom is 0.298 e. The summed E-state index contributed by atoms with van der Waals surface area (Å²) in [7, 11) is 0. The van der Waals surface area contributed by atoms with Crippen LogP contribution in [0.25, 0.3) is 0 Å². The van der Waals surface area contributed by atoms with E-state index in [1.165, 1.54) is 0 Å². The molecule has 1 aromatic rings. The van der Waals surface area contributed by atoms with Gasteiger partial charge in [0.15, 0.2) is 11.5 Å². The van der Waals surface area contributed by atoms with Crippen molar-refractivity contribution in [3.8, 4) is 5.75 Å². The van der Waals surface area contributed by atoms with Crippen molar-refractivity contribution in [2.24, 2.45) is 0 Å². The van der Waals surface area contributed by atoms with Gasteiger partial charge in [0.1, 0.15) is 5.69 Å². The predicted octanol–water partition coefficient (Wildman–Crippen LogP) is 0.827. The van der Waals surface area contributed by atoms with Crippen LogP contribution in [0.1, 0.15) is 11.5 Å². The molecule has 10 heavy (non-hydrogen) atoms. The summed E-state index contributed by atoms with van der Waals surface area (Å²) >= 11 is 0. The van der Waals surface area contributed by atoms with Crippen LogP contribution in [0.15, 0.2) is 4.52 Å². The number of hydrogen-bond acceptors (Lipinski definition) is 4. The van der Waals surface area contributed by atoms with E-state index in [2.05, 4.69) is 9.89 Å². The number of carbonyl (C=O) groups is 1. The van der Waals surface area contributed by atoms with Gasteiger partial charge in [-0.3, -0.25) is 4.79 Å². The van der Waals surface area contributed by atoms with E-state index in [-0.39, 0.29) is 0 Å². The number of nitrogens with zero attached hydrogens (tertiary/aromatic N) is 1. The first-order valence-corrected chi connectivity index (χ1v) is 2.79. The molecule has 0 fully saturated rings. The third-order valence-electron chi connectivity index (χ3n) is 1.13. The highest BCUT2D eigenvalue weighted by molar-refractivity contribution is 5.47. The molecular formula is C6H7NO3. The molecule has 0 amide bonds. The van der Waals surface area contributed by atoms with Gasteiger partial charge in [-0.2, -0.15) is 0 Å². The number of rotatable bonds is 2. The Labute approximate surface area is 57.8 Å². The van der Waals surface area contributed by atoms with E-state index in [0.29, 0.717) is 23.7 Å². The minimum absolute atomic E-state index is 0.354. The maximum atomic E-state index is 9.88. The van der Waals surface area contributed by atoms with Gasteiger partial charge in [-0.1, -0.05) is 5.16 Å². The molecule has 0 aliphatic heterocycles. The second-order valence-electron chi connectivity index (χ2n) is 1.87. The lowest BCUT2D eigenvalue weighted by Crippen LogP contribution is -1.89. The van der Waals surface area contributed by atoms with E-state index in [1.54, 1.807) is 13.8 Å². The Morgan fingerprint density at radius 2 is 2.30 bits per heavy atom. The Hall–Kier alpha value is -1.32. The summed E-state index contributed by atoms with van der Waals surface area (Å²) in [4.78, 5) is 9.88. The summed E-state index contributed by atoms with van der Waals surface area (Å²) in [5.41, 5.74) is 0.588. The molecule has 1 heterocycles. The molecule has 0 aliphatic rings. The third-order valence-corrected chi connectivity index (χ3v) is 1.13. The van der Waals surface area contributed by atoms with Crippen LogP contribution in [0.2, 0.25) is 0 Å². The highest BCUT2D eigenvalue weighted by Gasteiger charge is 2.08. The minimum Gasteiger partial charge on any atom is -0.423 e. The average Bonchev–Trinajstić information content (AvgIpc) is 2.20. The van der Waals surface area contributed by atoms with Crippen LogP contribution in [0.3, 0.4) is 0 Å². The molecule has 0 aliphatic carbocycles. The Bertz CT molecular complexity index is 222. The van der Waals surface area contributed by atoms with Gasteiger partial charge >= 0.3 is 0 Å². The molecule has 54 valence electrons. The monoisotopic (exact) mass is 141 g/mol. The summed E-state index contributed by atoms with van der Waals surface area (Å²) in [5, 5.41) is 3.58. The Kier molecular flexibility index (Phi) is 1.71. The van der Waals surface area contributed by atoms with Crippen molar-refractivity contribution >= 4 is 6.47 Å². The summed E-state index contributed by atoms with van der Waals surface area (Å²) < 4.78 is 9.28. The van der Waals surface area contributed by atoms with Gasteiger partial charge in [-0.05, 0) is 6.92 Å². The number of aryl methyl sites for hydroxylation is 2. The second kappa shape index (κ2) is 2.51. The standard InChI is InChI=1S/C6H7NO3/c1-4-6(9-3-8)5(2)10-7-4/h3H,1-2H3. The van der Waals surface area contributed by atoms with Crippen LogP contribution in [0, 0.1) is 13.8 Å². The molecule has 0 atom stereocenters. The molecule has 0 unspecified atom stereocenters. The SMILES string of the molecule is Cc1noc(C)c1OC=O. The number of ether oxygens (including phenoxy) is 1. The first kappa shape index (κ1) is 6.80. The normalized spacial score (nSPS) is 9.40. The molecular weight excluding hydrogens is 134 g/mol. The molecule has 4 heteroatoms. The zero-order valence-corrected chi connectivity index (χ0v) is 5.75. The van der Waals surface area contributed by atoms with Crippen molar-refractivity contribution in [3.63, 3.8) is 0 Å². The van der Waals surface area contributed by atoms with Crippen LogP contribution in [0.4, 0.5) is 0 Å². The van der Waals surface area contributed by atoms with Crippen molar-refractivity contribution in [1.29, 1.82) is 0 Å². The first-order valence-electron chi connectivity index (χ1n) is 2.79. The van der Waals surface area contributed by atoms with Gasteiger partial charge in [0.25, 0.3) is 6.47 Å². The lowest BCUT2D eigenvalue weighted by molar-refractivity contribution is -0.120. The molecule has 0 bridgehead atoms. The van der Waals surface area contributed by atoms with Crippen molar-refractivity contribution in [2.75, 3.05) is 0 Å². The van der Waals surface area contributed by atoms with Crippen LogP contribution in [-0.4, -0.2) is 11.6 Å². The summed E-state index contributed by atoms with van der Waals surface area (Å²) in [6, 6.07) is 0. The fourth-order valence-electron chi connectivity index (χ4n) is 0.691. The van der Waals surface area contributed by atoms with Gasteiger partial charge in [0, 0.05) is 6.92 Å². The van der Waals surface area contributed by atoms with Crippen LogP contribution in [-0.2, 0) is 4.79 Å². The average molecular weight is 141 g/mol.